The Hall–Kier alpha value is -3.03. The van der Waals surface area contributed by atoms with Crippen molar-refractivity contribution >= 4 is 29.1 Å². The maximum absolute atomic E-state index is 13.2. The Morgan fingerprint density at radius 1 is 1.15 bits per heavy atom. The van der Waals surface area contributed by atoms with E-state index in [0.29, 0.717) is 29.4 Å². The number of ketones is 1. The normalized spacial score (nSPS) is 17.5. The summed E-state index contributed by atoms with van der Waals surface area (Å²) in [5.74, 6) is -0.871. The molecule has 0 aromatic heterocycles. The smallest absolute Gasteiger partial charge is 0.295 e. The number of amides is 1. The van der Waals surface area contributed by atoms with Gasteiger partial charge < -0.3 is 24.2 Å². The lowest BCUT2D eigenvalue weighted by molar-refractivity contribution is -0.140. The molecule has 7 nitrogen and oxygen atoms in total. The monoisotopic (exact) mass is 487 g/mol. The molecule has 2 aromatic carbocycles. The van der Waals surface area contributed by atoms with Crippen LogP contribution in [0.4, 0.5) is 0 Å². The number of hydrogen-bond acceptors (Lipinski definition) is 6. The number of rotatable bonds is 9. The van der Waals surface area contributed by atoms with Gasteiger partial charge in [0.1, 0.15) is 17.3 Å². The average molecular weight is 488 g/mol. The Morgan fingerprint density at radius 3 is 2.41 bits per heavy atom. The van der Waals surface area contributed by atoms with Crippen LogP contribution < -0.4 is 9.47 Å². The van der Waals surface area contributed by atoms with Crippen molar-refractivity contribution in [2.24, 2.45) is 0 Å². The van der Waals surface area contributed by atoms with Gasteiger partial charge in [0, 0.05) is 20.3 Å². The van der Waals surface area contributed by atoms with E-state index in [4.69, 9.17) is 25.8 Å². The number of aliphatic hydroxyl groups excluding tert-OH is 1. The van der Waals surface area contributed by atoms with Gasteiger partial charge in [0.15, 0.2) is 0 Å². The summed E-state index contributed by atoms with van der Waals surface area (Å²) in [6.07, 6.45) is 0.540. The largest absolute Gasteiger partial charge is 0.507 e. The third-order valence-electron chi connectivity index (χ3n) is 5.50. The van der Waals surface area contributed by atoms with Gasteiger partial charge in [0.2, 0.25) is 0 Å². The lowest BCUT2D eigenvalue weighted by Crippen LogP contribution is -2.31. The molecule has 1 N–H and O–H groups in total. The molecule has 3 rings (SSSR count). The Kier molecular flexibility index (Phi) is 8.23. The van der Waals surface area contributed by atoms with E-state index >= 15 is 0 Å². The molecule has 1 heterocycles. The highest BCUT2D eigenvalue weighted by Gasteiger charge is 2.46. The van der Waals surface area contributed by atoms with E-state index in [1.807, 2.05) is 20.8 Å². The Balaban J connectivity index is 2.17. The predicted molar refractivity (Wildman–Crippen MR) is 130 cm³/mol. The van der Waals surface area contributed by atoms with Gasteiger partial charge in [-0.3, -0.25) is 9.59 Å². The van der Waals surface area contributed by atoms with Crippen molar-refractivity contribution in [2.75, 3.05) is 27.4 Å². The van der Waals surface area contributed by atoms with Crippen LogP contribution in [0.15, 0.2) is 42.0 Å². The molecule has 34 heavy (non-hydrogen) atoms. The highest BCUT2D eigenvalue weighted by atomic mass is 35.5. The first-order valence-corrected chi connectivity index (χ1v) is 11.5. The molecule has 1 atom stereocenters. The van der Waals surface area contributed by atoms with Crippen LogP contribution in [-0.2, 0) is 14.3 Å². The molecule has 0 saturated carbocycles. The number of aliphatic hydroxyl groups is 1. The number of carbonyl (C=O) groups is 2. The van der Waals surface area contributed by atoms with E-state index in [2.05, 4.69) is 0 Å². The molecular formula is C26H30ClNO6. The van der Waals surface area contributed by atoms with Crippen LogP contribution in [0, 0.1) is 6.92 Å². The molecule has 0 spiro atoms. The summed E-state index contributed by atoms with van der Waals surface area (Å²) < 4.78 is 16.3. The zero-order chi connectivity index (χ0) is 25.0. The first kappa shape index (κ1) is 25.6. The number of nitrogens with zero attached hydrogens (tertiary/aromatic N) is 1. The second-order valence-electron chi connectivity index (χ2n) is 8.40. The van der Waals surface area contributed by atoms with E-state index in [-0.39, 0.29) is 35.3 Å². The van der Waals surface area contributed by atoms with Gasteiger partial charge >= 0.3 is 0 Å². The average Bonchev–Trinajstić information content (AvgIpc) is 3.03. The summed E-state index contributed by atoms with van der Waals surface area (Å²) in [6, 6.07) is 9.76. The molecule has 0 bridgehead atoms. The van der Waals surface area contributed by atoms with Gasteiger partial charge in [-0.25, -0.2) is 0 Å². The van der Waals surface area contributed by atoms with Gasteiger partial charge in [-0.15, -0.1) is 0 Å². The maximum atomic E-state index is 13.2. The zero-order valence-electron chi connectivity index (χ0n) is 20.1. The standard InChI is InChI=1S/C26H30ClNO6/c1-15(2)34-18-9-7-17(8-10-18)22-21(24(30)26(31)28(22)11-6-12-32-4)23(29)19-13-16(3)14-20(27)25(19)33-5/h7-10,13-15,22,29H,6,11-12H2,1-5H3/b23-21+. The number of carbonyl (C=O) groups excluding carboxylic acids is 2. The summed E-state index contributed by atoms with van der Waals surface area (Å²) in [6.45, 7) is 6.39. The van der Waals surface area contributed by atoms with Crippen LogP contribution in [0.5, 0.6) is 11.5 Å². The quantitative estimate of drug-likeness (QED) is 0.234. The minimum Gasteiger partial charge on any atom is -0.507 e. The maximum Gasteiger partial charge on any atom is 0.295 e. The summed E-state index contributed by atoms with van der Waals surface area (Å²) in [5.41, 5.74) is 1.69. The third-order valence-corrected chi connectivity index (χ3v) is 5.78. The summed E-state index contributed by atoms with van der Waals surface area (Å²) in [4.78, 5) is 27.7. The Bertz CT molecular complexity index is 1090. The van der Waals surface area contributed by atoms with Crippen LogP contribution in [0.25, 0.3) is 5.76 Å². The lowest BCUT2D eigenvalue weighted by Gasteiger charge is -2.25. The molecule has 2 aromatic rings. The molecule has 1 fully saturated rings. The Labute approximate surface area is 204 Å². The number of ether oxygens (including phenoxy) is 3. The summed E-state index contributed by atoms with van der Waals surface area (Å²) >= 11 is 6.33. The number of Topliss-reactive ketones (excluding diaryl/α,β-unsaturated/α-hetero) is 1. The molecule has 1 unspecified atom stereocenters. The van der Waals surface area contributed by atoms with Crippen LogP contribution in [0.1, 0.15) is 43.0 Å². The van der Waals surface area contributed by atoms with E-state index in [9.17, 15) is 14.7 Å². The molecule has 8 heteroatoms. The van der Waals surface area contributed by atoms with Gasteiger partial charge in [-0.2, -0.15) is 0 Å². The predicted octanol–water partition coefficient (Wildman–Crippen LogP) is 4.90. The molecule has 1 aliphatic rings. The number of hydrogen-bond donors (Lipinski definition) is 1. The van der Waals surface area contributed by atoms with Gasteiger partial charge in [0.05, 0.1) is 35.4 Å². The van der Waals surface area contributed by atoms with Crippen molar-refractivity contribution in [3.63, 3.8) is 0 Å². The molecule has 182 valence electrons. The number of halogens is 1. The third kappa shape index (κ3) is 5.21. The van der Waals surface area contributed by atoms with E-state index in [0.717, 1.165) is 5.56 Å². The minimum atomic E-state index is -0.783. The van der Waals surface area contributed by atoms with E-state index in [1.165, 1.54) is 12.0 Å². The first-order valence-electron chi connectivity index (χ1n) is 11.1. The van der Waals surface area contributed by atoms with E-state index < -0.39 is 17.7 Å². The molecule has 1 amide bonds. The van der Waals surface area contributed by atoms with Crippen LogP contribution >= 0.6 is 11.6 Å². The van der Waals surface area contributed by atoms with Gasteiger partial charge in [-0.1, -0.05) is 23.7 Å². The second-order valence-corrected chi connectivity index (χ2v) is 8.81. The molecule has 1 saturated heterocycles. The number of methoxy groups -OCH3 is 2. The molecule has 1 aliphatic heterocycles. The van der Waals surface area contributed by atoms with E-state index in [1.54, 1.807) is 43.5 Å². The van der Waals surface area contributed by atoms with Gasteiger partial charge in [0.25, 0.3) is 11.7 Å². The molecule has 0 radical (unpaired) electrons. The van der Waals surface area contributed by atoms with Crippen molar-refractivity contribution in [3.05, 3.63) is 63.7 Å². The van der Waals surface area contributed by atoms with Crippen molar-refractivity contribution in [3.8, 4) is 11.5 Å². The van der Waals surface area contributed by atoms with Crippen molar-refractivity contribution in [2.45, 2.75) is 39.3 Å². The highest BCUT2D eigenvalue weighted by molar-refractivity contribution is 6.46. The molecular weight excluding hydrogens is 458 g/mol. The van der Waals surface area contributed by atoms with Crippen molar-refractivity contribution < 1.29 is 28.9 Å². The Morgan fingerprint density at radius 2 is 1.82 bits per heavy atom. The van der Waals surface area contributed by atoms with Crippen LogP contribution in [0.3, 0.4) is 0 Å². The summed E-state index contributed by atoms with van der Waals surface area (Å²) in [7, 11) is 3.01. The zero-order valence-corrected chi connectivity index (χ0v) is 20.8. The first-order chi connectivity index (χ1) is 16.2. The fourth-order valence-corrected chi connectivity index (χ4v) is 4.45. The second kappa shape index (κ2) is 10.9. The van der Waals surface area contributed by atoms with Crippen LogP contribution in [-0.4, -0.2) is 55.2 Å². The molecule has 0 aliphatic carbocycles. The van der Waals surface area contributed by atoms with Gasteiger partial charge in [-0.05, 0) is 62.6 Å². The van der Waals surface area contributed by atoms with Crippen molar-refractivity contribution in [1.82, 2.24) is 4.90 Å². The fraction of sp³-hybridized carbons (Fsp3) is 0.385. The number of aryl methyl sites for hydroxylation is 1. The van der Waals surface area contributed by atoms with Crippen molar-refractivity contribution in [1.29, 1.82) is 0 Å². The highest BCUT2D eigenvalue weighted by Crippen LogP contribution is 2.43. The number of likely N-dealkylation sites (tertiary alicyclic amines) is 1. The summed E-state index contributed by atoms with van der Waals surface area (Å²) in [5, 5.41) is 11.7. The SMILES string of the molecule is COCCCN1C(=O)C(=O)/C(=C(/O)c2cc(C)cc(Cl)c2OC)C1c1ccc(OC(C)C)cc1. The van der Waals surface area contributed by atoms with Crippen LogP contribution in [0.2, 0.25) is 5.02 Å². The fourth-order valence-electron chi connectivity index (χ4n) is 4.09. The minimum absolute atomic E-state index is 0.00376. The lowest BCUT2D eigenvalue weighted by atomic mass is 9.94. The number of benzene rings is 2. The topological polar surface area (TPSA) is 85.3 Å².